The van der Waals surface area contributed by atoms with Crippen molar-refractivity contribution in [2.75, 3.05) is 13.1 Å². The highest BCUT2D eigenvalue weighted by atomic mass is 16.1. The largest absolute Gasteiger partial charge is 0.351 e. The van der Waals surface area contributed by atoms with Gasteiger partial charge in [0, 0.05) is 18.0 Å². The molecule has 0 bridgehead atoms. The van der Waals surface area contributed by atoms with E-state index in [1.54, 1.807) is 0 Å². The average Bonchev–Trinajstić information content (AvgIpc) is 2.85. The van der Waals surface area contributed by atoms with E-state index in [0.717, 1.165) is 12.8 Å². The monoisotopic (exact) mass is 402 g/mol. The van der Waals surface area contributed by atoms with Crippen molar-refractivity contribution in [3.05, 3.63) is 71.8 Å². The lowest BCUT2D eigenvalue weighted by atomic mass is 9.94. The number of benzene rings is 2. The van der Waals surface area contributed by atoms with Crippen LogP contribution < -0.4 is 11.1 Å². The van der Waals surface area contributed by atoms with E-state index >= 15 is 0 Å². The molecular weight excluding hydrogens is 356 g/mol. The van der Waals surface area contributed by atoms with Gasteiger partial charge < -0.3 is 11.1 Å². The van der Waals surface area contributed by atoms with Gasteiger partial charge in [0.25, 0.3) is 5.91 Å². The highest BCUT2D eigenvalue weighted by Crippen LogP contribution is 2.20. The minimum atomic E-state index is -0.0238. The zero-order valence-corrected chi connectivity index (χ0v) is 20.2. The van der Waals surface area contributed by atoms with Gasteiger partial charge in [-0.2, -0.15) is 0 Å². The van der Waals surface area contributed by atoms with Crippen LogP contribution in [0.1, 0.15) is 90.1 Å². The molecule has 0 saturated carbocycles. The van der Waals surface area contributed by atoms with E-state index < -0.39 is 0 Å². The Kier molecular flexibility index (Phi) is 28.2. The summed E-state index contributed by atoms with van der Waals surface area (Å²) in [6, 6.07) is 19.6. The van der Waals surface area contributed by atoms with Crippen LogP contribution >= 0.6 is 0 Å². The molecule has 1 atom stereocenters. The molecule has 0 aromatic heterocycles. The van der Waals surface area contributed by atoms with Crippen molar-refractivity contribution >= 4 is 5.91 Å². The second-order valence-corrected chi connectivity index (χ2v) is 5.11. The fraction of sp³-hybridized carbons (Fsp3) is 0.500. The van der Waals surface area contributed by atoms with E-state index in [0.29, 0.717) is 24.6 Å². The number of hydrogen-bond donors (Lipinski definition) is 2. The van der Waals surface area contributed by atoms with Gasteiger partial charge in [0.15, 0.2) is 0 Å². The van der Waals surface area contributed by atoms with Crippen LogP contribution in [0, 0.1) is 0 Å². The fourth-order valence-electron chi connectivity index (χ4n) is 2.38. The van der Waals surface area contributed by atoms with Crippen LogP contribution in [0.15, 0.2) is 60.7 Å². The van der Waals surface area contributed by atoms with Crippen molar-refractivity contribution in [1.29, 1.82) is 0 Å². The van der Waals surface area contributed by atoms with Crippen molar-refractivity contribution in [2.45, 2.75) is 74.1 Å². The Morgan fingerprint density at radius 3 is 1.69 bits per heavy atom. The Morgan fingerprint density at radius 2 is 1.24 bits per heavy atom. The van der Waals surface area contributed by atoms with Crippen molar-refractivity contribution < 1.29 is 4.79 Å². The molecule has 3 nitrogen and oxygen atoms in total. The lowest BCUT2D eigenvalue weighted by Gasteiger charge is -2.18. The number of nitrogens with one attached hydrogen (secondary N) is 1. The maximum Gasteiger partial charge on any atom is 0.251 e. The van der Waals surface area contributed by atoms with Crippen LogP contribution in [0.4, 0.5) is 0 Å². The Balaban J connectivity index is -0.000000754. The summed E-state index contributed by atoms with van der Waals surface area (Å²) in [6.07, 6.45) is 1.94. The van der Waals surface area contributed by atoms with E-state index in [2.05, 4.69) is 17.4 Å². The van der Waals surface area contributed by atoms with Gasteiger partial charge in [0.05, 0.1) is 0 Å². The highest BCUT2D eigenvalue weighted by molar-refractivity contribution is 5.94. The first-order valence-electron chi connectivity index (χ1n) is 11.4. The van der Waals surface area contributed by atoms with Gasteiger partial charge in [-0.15, -0.1) is 0 Å². The van der Waals surface area contributed by atoms with E-state index in [1.807, 2.05) is 104 Å². The van der Waals surface area contributed by atoms with Gasteiger partial charge in [0.1, 0.15) is 0 Å². The summed E-state index contributed by atoms with van der Waals surface area (Å²) in [7, 11) is 0. The molecule has 2 aromatic rings. The minimum Gasteiger partial charge on any atom is -0.351 e. The Bertz CT molecular complexity index is 541. The highest BCUT2D eigenvalue weighted by Gasteiger charge is 2.13. The van der Waals surface area contributed by atoms with Crippen molar-refractivity contribution in [2.24, 2.45) is 5.73 Å². The summed E-state index contributed by atoms with van der Waals surface area (Å²) in [5.74, 6) is 0.284. The number of nitrogens with two attached hydrogens (primary N) is 1. The number of rotatable bonds is 7. The standard InChI is InChI=1S/C18H22N2O.4C2H6/c19-13-7-12-17(15-8-3-1-4-9-15)14-20-18(21)16-10-5-2-6-11-16;4*1-2/h1-6,8-11,17H,7,12-14,19H2,(H,20,21);4*1-2H3. The van der Waals surface area contributed by atoms with E-state index in [1.165, 1.54) is 5.56 Å². The van der Waals surface area contributed by atoms with E-state index in [-0.39, 0.29) is 5.91 Å². The summed E-state index contributed by atoms with van der Waals surface area (Å²) in [6.45, 7) is 17.3. The molecule has 0 aliphatic heterocycles. The van der Waals surface area contributed by atoms with Crippen molar-refractivity contribution in [3.63, 3.8) is 0 Å². The number of carbonyl (C=O) groups excluding carboxylic acids is 1. The van der Waals surface area contributed by atoms with Crippen LogP contribution in [0.2, 0.25) is 0 Å². The van der Waals surface area contributed by atoms with Crippen molar-refractivity contribution in [1.82, 2.24) is 5.32 Å². The summed E-state index contributed by atoms with van der Waals surface area (Å²) in [5.41, 5.74) is 7.56. The number of amides is 1. The summed E-state index contributed by atoms with van der Waals surface area (Å²) >= 11 is 0. The molecule has 29 heavy (non-hydrogen) atoms. The topological polar surface area (TPSA) is 55.1 Å². The molecule has 2 aromatic carbocycles. The summed E-state index contributed by atoms with van der Waals surface area (Å²) in [5, 5.41) is 3.03. The quantitative estimate of drug-likeness (QED) is 0.521. The molecule has 0 spiro atoms. The van der Waals surface area contributed by atoms with Crippen LogP contribution in [-0.4, -0.2) is 19.0 Å². The van der Waals surface area contributed by atoms with Gasteiger partial charge in [-0.3, -0.25) is 4.79 Å². The average molecular weight is 403 g/mol. The first-order chi connectivity index (χ1) is 14.3. The van der Waals surface area contributed by atoms with Gasteiger partial charge in [-0.1, -0.05) is 104 Å². The molecule has 0 saturated heterocycles. The van der Waals surface area contributed by atoms with Crippen LogP contribution in [0.3, 0.4) is 0 Å². The molecule has 2 rings (SSSR count). The third-order valence-corrected chi connectivity index (χ3v) is 3.57. The van der Waals surface area contributed by atoms with Crippen LogP contribution in [0.5, 0.6) is 0 Å². The Labute approximate surface area is 181 Å². The molecule has 1 amide bonds. The Hall–Kier alpha value is -2.13. The van der Waals surface area contributed by atoms with Crippen LogP contribution in [0.25, 0.3) is 0 Å². The molecule has 166 valence electrons. The van der Waals surface area contributed by atoms with Gasteiger partial charge in [-0.25, -0.2) is 0 Å². The molecule has 0 aliphatic rings. The normalized spacial score (nSPS) is 9.41. The molecular formula is C26H46N2O. The zero-order chi connectivity index (χ0) is 22.9. The number of carbonyl (C=O) groups is 1. The van der Waals surface area contributed by atoms with Gasteiger partial charge in [-0.05, 0) is 37.1 Å². The molecule has 1 unspecified atom stereocenters. The second kappa shape index (κ2) is 25.9. The van der Waals surface area contributed by atoms with E-state index in [9.17, 15) is 4.79 Å². The SMILES string of the molecule is CC.CC.CC.CC.NCCCC(CNC(=O)c1ccccc1)c1ccccc1. The maximum absolute atomic E-state index is 12.1. The molecule has 0 radical (unpaired) electrons. The van der Waals surface area contributed by atoms with E-state index in [4.69, 9.17) is 5.73 Å². The zero-order valence-electron chi connectivity index (χ0n) is 20.2. The first kappa shape index (κ1) is 31.6. The third-order valence-electron chi connectivity index (χ3n) is 3.57. The number of hydrogen-bond acceptors (Lipinski definition) is 2. The second-order valence-electron chi connectivity index (χ2n) is 5.11. The predicted octanol–water partition coefficient (Wildman–Crippen LogP) is 7.04. The lowest BCUT2D eigenvalue weighted by Crippen LogP contribution is -2.28. The molecule has 3 N–H and O–H groups in total. The molecule has 0 heterocycles. The van der Waals surface area contributed by atoms with Crippen molar-refractivity contribution in [3.8, 4) is 0 Å². The molecule has 0 fully saturated rings. The predicted molar refractivity (Wildman–Crippen MR) is 132 cm³/mol. The summed E-state index contributed by atoms with van der Waals surface area (Å²) < 4.78 is 0. The minimum absolute atomic E-state index is 0.0238. The Morgan fingerprint density at radius 1 is 0.793 bits per heavy atom. The van der Waals surface area contributed by atoms with Crippen LogP contribution in [-0.2, 0) is 0 Å². The lowest BCUT2D eigenvalue weighted by molar-refractivity contribution is 0.0950. The van der Waals surface area contributed by atoms with Gasteiger partial charge in [0.2, 0.25) is 0 Å². The van der Waals surface area contributed by atoms with Gasteiger partial charge >= 0.3 is 0 Å². The molecule has 0 aliphatic carbocycles. The first-order valence-corrected chi connectivity index (χ1v) is 11.4. The maximum atomic E-state index is 12.1. The third kappa shape index (κ3) is 15.5. The molecule has 3 heteroatoms. The summed E-state index contributed by atoms with van der Waals surface area (Å²) in [4.78, 5) is 12.1. The fourth-order valence-corrected chi connectivity index (χ4v) is 2.38. The smallest absolute Gasteiger partial charge is 0.251 e.